The Kier molecular flexibility index (Phi) is 3.23. The summed E-state index contributed by atoms with van der Waals surface area (Å²) in [5.41, 5.74) is -1.68. The molecular formula is C11H6ClF3N2O2. The minimum absolute atomic E-state index is 0.0616. The molecule has 0 amide bonds. The van der Waals surface area contributed by atoms with Crippen molar-refractivity contribution in [2.75, 3.05) is 0 Å². The maximum absolute atomic E-state index is 12.9. The van der Waals surface area contributed by atoms with Crippen LogP contribution in [0, 0.1) is 0 Å². The van der Waals surface area contributed by atoms with Crippen molar-refractivity contribution in [1.29, 1.82) is 0 Å². The Balaban J connectivity index is 2.74. The van der Waals surface area contributed by atoms with Crippen LogP contribution >= 0.6 is 11.6 Å². The van der Waals surface area contributed by atoms with Crippen LogP contribution in [-0.4, -0.2) is 21.3 Å². The maximum atomic E-state index is 12.9. The number of benzene rings is 1. The van der Waals surface area contributed by atoms with Gasteiger partial charge in [-0.15, -0.1) is 0 Å². The first-order valence-corrected chi connectivity index (χ1v) is 5.32. The molecule has 2 N–H and O–H groups in total. The lowest BCUT2D eigenvalue weighted by atomic mass is 10.0. The molecule has 0 aliphatic heterocycles. The van der Waals surface area contributed by atoms with Crippen molar-refractivity contribution in [2.45, 2.75) is 6.18 Å². The number of nitrogens with one attached hydrogen (secondary N) is 1. The second-order valence-corrected chi connectivity index (χ2v) is 4.06. The fraction of sp³-hybridized carbons (Fsp3) is 0.0909. The number of aromatic carboxylic acids is 1. The second-order valence-electron chi connectivity index (χ2n) is 3.65. The highest BCUT2D eigenvalue weighted by Gasteiger charge is 2.35. The summed E-state index contributed by atoms with van der Waals surface area (Å²) < 4.78 is 38.7. The van der Waals surface area contributed by atoms with Crippen LogP contribution in [0.15, 0.2) is 24.4 Å². The fourth-order valence-electron chi connectivity index (χ4n) is 1.60. The van der Waals surface area contributed by atoms with Crippen LogP contribution in [0.3, 0.4) is 0 Å². The first kappa shape index (κ1) is 13.4. The smallest absolute Gasteiger partial charge is 0.417 e. The molecule has 0 saturated carbocycles. The summed E-state index contributed by atoms with van der Waals surface area (Å²) >= 11 is 5.56. The number of hydrogen-bond donors (Lipinski definition) is 2. The zero-order valence-electron chi connectivity index (χ0n) is 9.12. The van der Waals surface area contributed by atoms with Gasteiger partial charge in [-0.2, -0.15) is 18.3 Å². The van der Waals surface area contributed by atoms with E-state index in [-0.39, 0.29) is 11.3 Å². The van der Waals surface area contributed by atoms with Gasteiger partial charge in [0.2, 0.25) is 0 Å². The summed E-state index contributed by atoms with van der Waals surface area (Å²) in [6.45, 7) is 0. The van der Waals surface area contributed by atoms with E-state index >= 15 is 0 Å². The lowest BCUT2D eigenvalue weighted by Crippen LogP contribution is -2.10. The minimum atomic E-state index is -4.65. The van der Waals surface area contributed by atoms with E-state index in [0.717, 1.165) is 6.07 Å². The number of halogens is 4. The summed E-state index contributed by atoms with van der Waals surface area (Å²) in [6, 6.07) is 2.78. The molecule has 0 radical (unpaired) electrons. The Morgan fingerprint density at radius 3 is 2.53 bits per heavy atom. The van der Waals surface area contributed by atoms with E-state index < -0.39 is 28.3 Å². The van der Waals surface area contributed by atoms with Gasteiger partial charge in [0.1, 0.15) is 0 Å². The van der Waals surface area contributed by atoms with Crippen molar-refractivity contribution in [3.8, 4) is 11.3 Å². The number of carboxylic acids is 1. The molecule has 0 aliphatic rings. The minimum Gasteiger partial charge on any atom is -0.478 e. The molecule has 0 saturated heterocycles. The number of alkyl halides is 3. The van der Waals surface area contributed by atoms with E-state index in [1.807, 2.05) is 0 Å². The van der Waals surface area contributed by atoms with Crippen LogP contribution in [0.4, 0.5) is 13.2 Å². The fourth-order valence-corrected chi connectivity index (χ4v) is 1.84. The van der Waals surface area contributed by atoms with Crippen LogP contribution < -0.4 is 0 Å². The number of aromatic nitrogens is 2. The molecule has 1 aromatic heterocycles. The Hall–Kier alpha value is -2.02. The third-order valence-electron chi connectivity index (χ3n) is 2.43. The number of rotatable bonds is 2. The molecule has 100 valence electrons. The zero-order chi connectivity index (χ0) is 14.2. The summed E-state index contributed by atoms with van der Waals surface area (Å²) in [6.07, 6.45) is -3.38. The molecule has 0 atom stereocenters. The highest BCUT2D eigenvalue weighted by atomic mass is 35.5. The van der Waals surface area contributed by atoms with Crippen LogP contribution in [-0.2, 0) is 6.18 Å². The lowest BCUT2D eigenvalue weighted by molar-refractivity contribution is -0.137. The first-order valence-electron chi connectivity index (χ1n) is 4.94. The van der Waals surface area contributed by atoms with Gasteiger partial charge in [-0.3, -0.25) is 5.10 Å². The SMILES string of the molecule is O=C(O)c1cc(-c2ccn[nH]2)c(C(F)(F)F)cc1Cl. The molecule has 4 nitrogen and oxygen atoms in total. The van der Waals surface area contributed by atoms with E-state index in [4.69, 9.17) is 16.7 Å². The molecule has 0 aliphatic carbocycles. The molecule has 2 aromatic rings. The van der Waals surface area contributed by atoms with Crippen molar-refractivity contribution in [3.05, 3.63) is 40.5 Å². The van der Waals surface area contributed by atoms with Crippen LogP contribution in [0.2, 0.25) is 5.02 Å². The van der Waals surface area contributed by atoms with Gasteiger partial charge in [0.05, 0.1) is 21.8 Å². The monoisotopic (exact) mass is 290 g/mol. The Labute approximate surface area is 109 Å². The molecule has 1 aromatic carbocycles. The van der Waals surface area contributed by atoms with Crippen LogP contribution in [0.5, 0.6) is 0 Å². The van der Waals surface area contributed by atoms with E-state index in [0.29, 0.717) is 6.07 Å². The van der Waals surface area contributed by atoms with Gasteiger partial charge in [0.25, 0.3) is 0 Å². The lowest BCUT2D eigenvalue weighted by Gasteiger charge is -2.13. The van der Waals surface area contributed by atoms with Crippen molar-refractivity contribution in [3.63, 3.8) is 0 Å². The number of nitrogens with zero attached hydrogens (tertiary/aromatic N) is 1. The number of carbonyl (C=O) groups is 1. The second kappa shape index (κ2) is 4.58. The van der Waals surface area contributed by atoms with Gasteiger partial charge in [-0.25, -0.2) is 4.79 Å². The van der Waals surface area contributed by atoms with E-state index in [1.54, 1.807) is 0 Å². The number of H-pyrrole nitrogens is 1. The van der Waals surface area contributed by atoms with Gasteiger partial charge >= 0.3 is 12.1 Å². The highest BCUT2D eigenvalue weighted by Crippen LogP contribution is 2.39. The molecule has 1 heterocycles. The first-order chi connectivity index (χ1) is 8.80. The average Bonchev–Trinajstić information content (AvgIpc) is 2.80. The van der Waals surface area contributed by atoms with Crippen molar-refractivity contribution in [2.24, 2.45) is 0 Å². The van der Waals surface area contributed by atoms with Crippen LogP contribution in [0.25, 0.3) is 11.3 Å². The molecule has 19 heavy (non-hydrogen) atoms. The van der Waals surface area contributed by atoms with E-state index in [2.05, 4.69) is 10.2 Å². The maximum Gasteiger partial charge on any atom is 0.417 e. The topological polar surface area (TPSA) is 66.0 Å². The summed E-state index contributed by atoms with van der Waals surface area (Å²) in [4.78, 5) is 10.9. The average molecular weight is 291 g/mol. The predicted molar refractivity (Wildman–Crippen MR) is 61.0 cm³/mol. The normalized spacial score (nSPS) is 11.6. The molecular weight excluding hydrogens is 285 g/mol. The van der Waals surface area contributed by atoms with E-state index in [9.17, 15) is 18.0 Å². The summed E-state index contributed by atoms with van der Waals surface area (Å²) in [7, 11) is 0. The largest absolute Gasteiger partial charge is 0.478 e. The van der Waals surface area contributed by atoms with Crippen molar-refractivity contribution in [1.82, 2.24) is 10.2 Å². The third-order valence-corrected chi connectivity index (χ3v) is 2.75. The Morgan fingerprint density at radius 2 is 2.05 bits per heavy atom. The van der Waals surface area contributed by atoms with Gasteiger partial charge in [-0.05, 0) is 18.2 Å². The summed E-state index contributed by atoms with van der Waals surface area (Å²) in [5, 5.41) is 14.3. The van der Waals surface area contributed by atoms with Crippen molar-refractivity contribution < 1.29 is 23.1 Å². The zero-order valence-corrected chi connectivity index (χ0v) is 9.88. The highest BCUT2D eigenvalue weighted by molar-refractivity contribution is 6.33. The molecule has 0 unspecified atom stereocenters. The number of aromatic amines is 1. The molecule has 2 rings (SSSR count). The molecule has 0 bridgehead atoms. The number of hydrogen-bond acceptors (Lipinski definition) is 2. The van der Waals surface area contributed by atoms with Gasteiger partial charge in [0, 0.05) is 11.8 Å². The third kappa shape index (κ3) is 2.55. The van der Waals surface area contributed by atoms with Crippen molar-refractivity contribution >= 4 is 17.6 Å². The van der Waals surface area contributed by atoms with Gasteiger partial charge < -0.3 is 5.11 Å². The quantitative estimate of drug-likeness (QED) is 0.890. The molecule has 0 fully saturated rings. The van der Waals surface area contributed by atoms with E-state index in [1.165, 1.54) is 12.3 Å². The molecule has 0 spiro atoms. The molecule has 8 heteroatoms. The Morgan fingerprint density at radius 1 is 1.37 bits per heavy atom. The predicted octanol–water partition coefficient (Wildman–Crippen LogP) is 3.45. The van der Waals surface area contributed by atoms with Gasteiger partial charge in [-0.1, -0.05) is 11.6 Å². The summed E-state index contributed by atoms with van der Waals surface area (Å²) in [5.74, 6) is -1.40. The van der Waals surface area contributed by atoms with Crippen LogP contribution in [0.1, 0.15) is 15.9 Å². The Bertz CT molecular complexity index is 624. The number of carboxylic acid groups (broad SMARTS) is 1. The van der Waals surface area contributed by atoms with Gasteiger partial charge in [0.15, 0.2) is 0 Å². The standard InChI is InChI=1S/C11H6ClF3N2O2/c12-8-4-7(11(13,14)15)5(3-6(8)10(18)19)9-1-2-16-17-9/h1-4H,(H,16,17)(H,18,19).